The molecule has 1 heterocycles. The van der Waals surface area contributed by atoms with E-state index in [1.807, 2.05) is 6.08 Å². The maximum Gasteiger partial charge on any atom is 0.573 e. The zero-order valence-corrected chi connectivity index (χ0v) is 12.3. The topological polar surface area (TPSA) is 12.5 Å². The van der Waals surface area contributed by atoms with Crippen LogP contribution in [0.15, 0.2) is 30.9 Å². The van der Waals surface area contributed by atoms with Gasteiger partial charge in [-0.15, -0.1) is 19.8 Å². The number of alkyl halides is 3. The third kappa shape index (κ3) is 4.38. The Morgan fingerprint density at radius 2 is 2.00 bits per heavy atom. The van der Waals surface area contributed by atoms with Crippen LogP contribution in [0.1, 0.15) is 24.3 Å². The number of hydrogen-bond donors (Lipinski definition) is 0. The highest BCUT2D eigenvalue weighted by Gasteiger charge is 2.33. The molecule has 0 amide bonds. The molecule has 1 saturated heterocycles. The van der Waals surface area contributed by atoms with Crippen molar-refractivity contribution in [2.75, 3.05) is 19.6 Å². The quantitative estimate of drug-likeness (QED) is 0.752. The summed E-state index contributed by atoms with van der Waals surface area (Å²) in [5.74, 6) is -0.162. The molecule has 0 bridgehead atoms. The Morgan fingerprint density at radius 3 is 2.57 bits per heavy atom. The largest absolute Gasteiger partial charge is 0.573 e. The van der Waals surface area contributed by atoms with E-state index in [0.717, 1.165) is 38.0 Å². The van der Waals surface area contributed by atoms with Crippen LogP contribution < -0.4 is 4.74 Å². The van der Waals surface area contributed by atoms with E-state index in [1.165, 1.54) is 6.07 Å². The van der Waals surface area contributed by atoms with Gasteiger partial charge in [0.15, 0.2) is 0 Å². The first-order chi connectivity index (χ1) is 9.90. The van der Waals surface area contributed by atoms with Crippen molar-refractivity contribution in [3.8, 4) is 5.75 Å². The maximum atomic E-state index is 12.3. The van der Waals surface area contributed by atoms with Gasteiger partial charge < -0.3 is 4.74 Å². The van der Waals surface area contributed by atoms with Crippen LogP contribution in [0.4, 0.5) is 13.2 Å². The minimum atomic E-state index is -4.73. The predicted octanol–water partition coefficient (Wildman–Crippen LogP) is 4.60. The average molecular weight is 320 g/mol. The number of likely N-dealkylation sites (tertiary alicyclic amines) is 1. The van der Waals surface area contributed by atoms with Crippen LogP contribution in [0.25, 0.3) is 0 Å². The second-order valence-corrected chi connectivity index (χ2v) is 5.45. The van der Waals surface area contributed by atoms with Crippen LogP contribution in [-0.4, -0.2) is 30.9 Å². The highest BCUT2D eigenvalue weighted by Crippen LogP contribution is 2.39. The molecule has 0 saturated carbocycles. The fourth-order valence-electron chi connectivity index (χ4n) is 2.66. The highest BCUT2D eigenvalue weighted by atomic mass is 35.5. The molecule has 1 aliphatic rings. The lowest BCUT2D eigenvalue weighted by Gasteiger charge is -2.32. The number of rotatable bonds is 4. The summed E-state index contributed by atoms with van der Waals surface area (Å²) in [5, 5.41) is 0.0667. The lowest BCUT2D eigenvalue weighted by atomic mass is 9.89. The Balaban J connectivity index is 2.11. The van der Waals surface area contributed by atoms with E-state index in [4.69, 9.17) is 11.6 Å². The van der Waals surface area contributed by atoms with Gasteiger partial charge in [0, 0.05) is 6.54 Å². The van der Waals surface area contributed by atoms with Gasteiger partial charge in [0.05, 0.1) is 5.02 Å². The lowest BCUT2D eigenvalue weighted by molar-refractivity contribution is -0.274. The molecular formula is C15H17ClF3NO. The highest BCUT2D eigenvalue weighted by molar-refractivity contribution is 6.32. The van der Waals surface area contributed by atoms with E-state index in [2.05, 4.69) is 16.2 Å². The molecule has 21 heavy (non-hydrogen) atoms. The van der Waals surface area contributed by atoms with E-state index < -0.39 is 6.36 Å². The average Bonchev–Trinajstić information content (AvgIpc) is 2.41. The number of benzene rings is 1. The van der Waals surface area contributed by atoms with Crippen molar-refractivity contribution in [2.24, 2.45) is 0 Å². The molecule has 0 aliphatic carbocycles. The van der Waals surface area contributed by atoms with Gasteiger partial charge in [0.2, 0.25) is 0 Å². The SMILES string of the molecule is C=CCN1CCC(c2cccc(OC(F)(F)F)c2Cl)CC1. The molecule has 1 aromatic rings. The van der Waals surface area contributed by atoms with Crippen LogP contribution in [-0.2, 0) is 0 Å². The van der Waals surface area contributed by atoms with Crippen molar-refractivity contribution < 1.29 is 17.9 Å². The molecule has 1 aromatic carbocycles. The molecule has 6 heteroatoms. The van der Waals surface area contributed by atoms with Gasteiger partial charge >= 0.3 is 6.36 Å². The van der Waals surface area contributed by atoms with Crippen LogP contribution in [0, 0.1) is 0 Å². The van der Waals surface area contributed by atoms with E-state index in [-0.39, 0.29) is 16.7 Å². The summed E-state index contributed by atoms with van der Waals surface area (Å²) >= 11 is 6.09. The second kappa shape index (κ2) is 6.71. The Morgan fingerprint density at radius 1 is 1.33 bits per heavy atom. The molecule has 0 unspecified atom stereocenters. The van der Waals surface area contributed by atoms with E-state index in [0.29, 0.717) is 0 Å². The fraction of sp³-hybridized carbons (Fsp3) is 0.467. The smallest absolute Gasteiger partial charge is 0.404 e. The second-order valence-electron chi connectivity index (χ2n) is 5.07. The van der Waals surface area contributed by atoms with Gasteiger partial charge in [-0.05, 0) is 43.5 Å². The lowest BCUT2D eigenvalue weighted by Crippen LogP contribution is -2.33. The van der Waals surface area contributed by atoms with Gasteiger partial charge in [-0.1, -0.05) is 29.8 Å². The van der Waals surface area contributed by atoms with Gasteiger partial charge in [0.25, 0.3) is 0 Å². The van der Waals surface area contributed by atoms with E-state index in [1.54, 1.807) is 12.1 Å². The molecule has 0 aromatic heterocycles. The molecule has 0 spiro atoms. The fourth-order valence-corrected chi connectivity index (χ4v) is 2.97. The van der Waals surface area contributed by atoms with Crippen LogP contribution >= 0.6 is 11.6 Å². The summed E-state index contributed by atoms with van der Waals surface area (Å²) in [7, 11) is 0. The third-order valence-corrected chi connectivity index (χ3v) is 4.04. The number of ether oxygens (including phenoxy) is 1. The summed E-state index contributed by atoms with van der Waals surface area (Å²) in [5.41, 5.74) is 0.733. The molecule has 1 fully saturated rings. The van der Waals surface area contributed by atoms with Gasteiger partial charge in [-0.3, -0.25) is 4.90 Å². The Kier molecular flexibility index (Phi) is 5.17. The van der Waals surface area contributed by atoms with E-state index >= 15 is 0 Å². The summed E-state index contributed by atoms with van der Waals surface area (Å²) in [4.78, 5) is 2.26. The number of nitrogens with zero attached hydrogens (tertiary/aromatic N) is 1. The summed E-state index contributed by atoms with van der Waals surface area (Å²) in [6.07, 6.45) is -1.15. The third-order valence-electron chi connectivity index (χ3n) is 3.63. The number of halogens is 4. The van der Waals surface area contributed by atoms with Crippen molar-refractivity contribution in [3.63, 3.8) is 0 Å². The molecular weight excluding hydrogens is 303 g/mol. The van der Waals surface area contributed by atoms with Crippen LogP contribution in [0.2, 0.25) is 5.02 Å². The van der Waals surface area contributed by atoms with E-state index in [9.17, 15) is 13.2 Å². The summed E-state index contributed by atoms with van der Waals surface area (Å²) in [6, 6.07) is 4.57. The van der Waals surface area contributed by atoms with Gasteiger partial charge in [0.1, 0.15) is 5.75 Å². The summed E-state index contributed by atoms with van der Waals surface area (Å²) in [6.45, 7) is 6.31. The van der Waals surface area contributed by atoms with Crippen molar-refractivity contribution >= 4 is 11.6 Å². The minimum Gasteiger partial charge on any atom is -0.404 e. The Labute approximate surface area is 127 Å². The van der Waals surface area contributed by atoms with Crippen molar-refractivity contribution in [1.29, 1.82) is 0 Å². The van der Waals surface area contributed by atoms with Crippen molar-refractivity contribution in [2.45, 2.75) is 25.1 Å². The first kappa shape index (κ1) is 16.2. The maximum absolute atomic E-state index is 12.3. The Hall–Kier alpha value is -1.20. The standard InChI is InChI=1S/C15H17ClF3NO/c1-2-8-20-9-6-11(7-10-20)12-4-3-5-13(14(12)16)21-15(17,18)19/h2-5,11H,1,6-10H2. The van der Waals surface area contributed by atoms with Crippen LogP contribution in [0.3, 0.4) is 0 Å². The Bertz CT molecular complexity index is 496. The zero-order valence-electron chi connectivity index (χ0n) is 11.5. The normalized spacial score (nSPS) is 17.7. The molecule has 0 N–H and O–H groups in total. The predicted molar refractivity (Wildman–Crippen MR) is 76.7 cm³/mol. The van der Waals surface area contributed by atoms with Crippen molar-refractivity contribution in [1.82, 2.24) is 4.90 Å². The van der Waals surface area contributed by atoms with Crippen LogP contribution in [0.5, 0.6) is 5.75 Å². The van der Waals surface area contributed by atoms with Gasteiger partial charge in [-0.25, -0.2) is 0 Å². The minimum absolute atomic E-state index is 0.0667. The van der Waals surface area contributed by atoms with Gasteiger partial charge in [-0.2, -0.15) is 0 Å². The summed E-state index contributed by atoms with van der Waals surface area (Å²) < 4.78 is 41.0. The molecule has 2 rings (SSSR count). The first-order valence-corrected chi connectivity index (χ1v) is 7.16. The first-order valence-electron chi connectivity index (χ1n) is 6.78. The number of hydrogen-bond acceptors (Lipinski definition) is 2. The molecule has 0 atom stereocenters. The molecule has 2 nitrogen and oxygen atoms in total. The molecule has 1 aliphatic heterocycles. The molecule has 0 radical (unpaired) electrons. The zero-order chi connectivity index (χ0) is 15.5. The van der Waals surface area contributed by atoms with Crippen molar-refractivity contribution in [3.05, 3.63) is 41.4 Å². The number of piperidine rings is 1. The molecule has 116 valence electrons. The monoisotopic (exact) mass is 319 g/mol.